The molecule has 45 heavy (non-hydrogen) atoms. The predicted octanol–water partition coefficient (Wildman–Crippen LogP) is 5.19. The molecule has 0 saturated heterocycles. The molecule has 240 valence electrons. The zero-order valence-corrected chi connectivity index (χ0v) is 26.3. The average Bonchev–Trinajstić information content (AvgIpc) is 3.50. The SMILES string of the molecule is CS(=O)(=O)N(CCCC(=O)N(Cc1ccc(F)cc1)C(Cc1ccccc1)C(=O)NC1CCCCC1)c1ccc2c(c1)OCO2. The summed E-state index contributed by atoms with van der Waals surface area (Å²) in [6.45, 7) is 0.216. The molecule has 2 amide bonds. The minimum atomic E-state index is -3.68. The van der Waals surface area contributed by atoms with Crippen LogP contribution in [0.2, 0.25) is 0 Å². The zero-order chi connectivity index (χ0) is 31.8. The second-order valence-electron chi connectivity index (χ2n) is 11.7. The van der Waals surface area contributed by atoms with E-state index in [0.29, 0.717) is 29.2 Å². The Morgan fingerprint density at radius 1 is 0.933 bits per heavy atom. The smallest absolute Gasteiger partial charge is 0.243 e. The van der Waals surface area contributed by atoms with Crippen LogP contribution in [0.1, 0.15) is 56.1 Å². The number of sulfonamides is 1. The highest BCUT2D eigenvalue weighted by Gasteiger charge is 2.32. The van der Waals surface area contributed by atoms with Crippen LogP contribution in [0.15, 0.2) is 72.8 Å². The van der Waals surface area contributed by atoms with Gasteiger partial charge in [-0.1, -0.05) is 61.7 Å². The number of fused-ring (bicyclic) bond motifs is 1. The van der Waals surface area contributed by atoms with Crippen LogP contribution in [-0.4, -0.2) is 56.8 Å². The summed E-state index contributed by atoms with van der Waals surface area (Å²) < 4.78 is 51.3. The van der Waals surface area contributed by atoms with Crippen LogP contribution in [0.5, 0.6) is 11.5 Å². The number of benzene rings is 3. The zero-order valence-electron chi connectivity index (χ0n) is 25.5. The molecule has 1 atom stereocenters. The van der Waals surface area contributed by atoms with E-state index in [-0.39, 0.29) is 50.6 Å². The van der Waals surface area contributed by atoms with Gasteiger partial charge in [0.05, 0.1) is 11.9 Å². The molecule has 0 spiro atoms. The van der Waals surface area contributed by atoms with Gasteiger partial charge in [-0.05, 0) is 54.7 Å². The van der Waals surface area contributed by atoms with Gasteiger partial charge in [0.1, 0.15) is 11.9 Å². The van der Waals surface area contributed by atoms with Crippen molar-refractivity contribution in [1.82, 2.24) is 10.2 Å². The summed E-state index contributed by atoms with van der Waals surface area (Å²) in [4.78, 5) is 29.5. The molecule has 3 aromatic rings. The summed E-state index contributed by atoms with van der Waals surface area (Å²) in [6.07, 6.45) is 6.67. The maximum Gasteiger partial charge on any atom is 0.243 e. The molecule has 1 N–H and O–H groups in total. The molecule has 0 aromatic heterocycles. The number of ether oxygens (including phenoxy) is 2. The van der Waals surface area contributed by atoms with Crippen LogP contribution >= 0.6 is 0 Å². The van der Waals surface area contributed by atoms with E-state index in [0.717, 1.165) is 43.9 Å². The lowest BCUT2D eigenvalue weighted by Crippen LogP contribution is -2.52. The normalized spacial score (nSPS) is 15.3. The Morgan fingerprint density at radius 3 is 2.36 bits per heavy atom. The predicted molar refractivity (Wildman–Crippen MR) is 170 cm³/mol. The van der Waals surface area contributed by atoms with Gasteiger partial charge in [0.2, 0.25) is 28.6 Å². The molecule has 3 aromatic carbocycles. The Bertz CT molecular complexity index is 1560. The molecule has 2 aliphatic rings. The monoisotopic (exact) mass is 637 g/mol. The second kappa shape index (κ2) is 14.8. The van der Waals surface area contributed by atoms with Crippen molar-refractivity contribution in [3.05, 3.63) is 89.7 Å². The van der Waals surface area contributed by atoms with Gasteiger partial charge < -0.3 is 19.7 Å². The van der Waals surface area contributed by atoms with Crippen molar-refractivity contribution in [1.29, 1.82) is 0 Å². The van der Waals surface area contributed by atoms with E-state index in [2.05, 4.69) is 5.32 Å². The third kappa shape index (κ3) is 8.75. The Balaban J connectivity index is 1.37. The number of rotatable bonds is 13. The van der Waals surface area contributed by atoms with Gasteiger partial charge >= 0.3 is 0 Å². The van der Waals surface area contributed by atoms with Gasteiger partial charge in [-0.3, -0.25) is 13.9 Å². The van der Waals surface area contributed by atoms with Gasteiger partial charge in [-0.15, -0.1) is 0 Å². The molecule has 11 heteroatoms. The van der Waals surface area contributed by atoms with Crippen LogP contribution in [0, 0.1) is 5.82 Å². The Labute approximate surface area is 264 Å². The number of anilines is 1. The fourth-order valence-corrected chi connectivity index (χ4v) is 6.89. The van der Waals surface area contributed by atoms with E-state index >= 15 is 0 Å². The van der Waals surface area contributed by atoms with E-state index in [1.165, 1.54) is 16.4 Å². The number of amides is 2. The van der Waals surface area contributed by atoms with Crippen LogP contribution in [0.4, 0.5) is 10.1 Å². The summed E-state index contributed by atoms with van der Waals surface area (Å²) in [7, 11) is -3.68. The lowest BCUT2D eigenvalue weighted by molar-refractivity contribution is -0.141. The summed E-state index contributed by atoms with van der Waals surface area (Å²) >= 11 is 0. The van der Waals surface area contributed by atoms with E-state index in [4.69, 9.17) is 9.47 Å². The van der Waals surface area contributed by atoms with Gasteiger partial charge in [-0.2, -0.15) is 0 Å². The largest absolute Gasteiger partial charge is 0.454 e. The highest BCUT2D eigenvalue weighted by Crippen LogP contribution is 2.36. The molecule has 0 bridgehead atoms. The maximum atomic E-state index is 14.0. The maximum absolute atomic E-state index is 14.0. The first-order valence-electron chi connectivity index (χ1n) is 15.4. The molecular formula is C34H40FN3O6S. The van der Waals surface area contributed by atoms with Crippen LogP contribution in [0.3, 0.4) is 0 Å². The van der Waals surface area contributed by atoms with E-state index in [1.54, 1.807) is 35.2 Å². The molecule has 1 aliphatic carbocycles. The van der Waals surface area contributed by atoms with Crippen molar-refractivity contribution < 1.29 is 31.9 Å². The Hall–Kier alpha value is -4.12. The molecule has 5 rings (SSSR count). The average molecular weight is 638 g/mol. The summed E-state index contributed by atoms with van der Waals surface area (Å²) in [6, 6.07) is 19.6. The topological polar surface area (TPSA) is 105 Å². The van der Waals surface area contributed by atoms with Crippen molar-refractivity contribution >= 4 is 27.5 Å². The number of hydrogen-bond acceptors (Lipinski definition) is 6. The quantitative estimate of drug-likeness (QED) is 0.277. The van der Waals surface area contributed by atoms with Gasteiger partial charge in [0.25, 0.3) is 0 Å². The molecule has 9 nitrogen and oxygen atoms in total. The minimum Gasteiger partial charge on any atom is -0.454 e. The Kier molecular flexibility index (Phi) is 10.6. The molecule has 1 fully saturated rings. The number of carbonyl (C=O) groups excluding carboxylic acids is 2. The standard InChI is InChI=1S/C34H40FN3O6S/c1-45(41,42)38(29-18-19-31-32(22-29)44-24-43-31)20-8-13-33(39)37(23-26-14-16-27(35)17-15-26)30(21-25-9-4-2-5-10-25)34(40)36-28-11-6-3-7-12-28/h2,4-5,9-10,14-19,22,28,30H,3,6-8,11-13,20-21,23-24H2,1H3,(H,36,40). The van der Waals surface area contributed by atoms with E-state index in [1.807, 2.05) is 30.3 Å². The first-order chi connectivity index (χ1) is 21.7. The third-order valence-corrected chi connectivity index (χ3v) is 9.48. The fraction of sp³-hybridized carbons (Fsp3) is 0.412. The molecular weight excluding hydrogens is 597 g/mol. The molecule has 1 unspecified atom stereocenters. The summed E-state index contributed by atoms with van der Waals surface area (Å²) in [5.74, 6) is 0.0830. The third-order valence-electron chi connectivity index (χ3n) is 8.29. The van der Waals surface area contributed by atoms with Gasteiger partial charge in [0.15, 0.2) is 11.5 Å². The first-order valence-corrected chi connectivity index (χ1v) is 17.3. The van der Waals surface area contributed by atoms with Crippen molar-refractivity contribution in [2.45, 2.75) is 70.0 Å². The second-order valence-corrected chi connectivity index (χ2v) is 13.6. The lowest BCUT2D eigenvalue weighted by Gasteiger charge is -2.34. The molecule has 1 aliphatic heterocycles. The van der Waals surface area contributed by atoms with E-state index < -0.39 is 21.9 Å². The van der Waals surface area contributed by atoms with Crippen LogP contribution in [-0.2, 0) is 32.6 Å². The highest BCUT2D eigenvalue weighted by atomic mass is 32.2. The molecule has 0 radical (unpaired) electrons. The van der Waals surface area contributed by atoms with Gasteiger partial charge in [-0.25, -0.2) is 12.8 Å². The van der Waals surface area contributed by atoms with Crippen LogP contribution in [0.25, 0.3) is 0 Å². The molecule has 1 saturated carbocycles. The Morgan fingerprint density at radius 2 is 1.64 bits per heavy atom. The number of hydrogen-bond donors (Lipinski definition) is 1. The molecule has 1 heterocycles. The van der Waals surface area contributed by atoms with Crippen molar-refractivity contribution in [2.75, 3.05) is 23.9 Å². The van der Waals surface area contributed by atoms with Crippen LogP contribution < -0.4 is 19.1 Å². The van der Waals surface area contributed by atoms with Crippen molar-refractivity contribution in [2.24, 2.45) is 0 Å². The van der Waals surface area contributed by atoms with E-state index in [9.17, 15) is 22.4 Å². The summed E-state index contributed by atoms with van der Waals surface area (Å²) in [5.41, 5.74) is 2.00. The number of halogens is 1. The summed E-state index contributed by atoms with van der Waals surface area (Å²) in [5, 5.41) is 3.20. The number of nitrogens with one attached hydrogen (secondary N) is 1. The number of nitrogens with zero attached hydrogens (tertiary/aromatic N) is 2. The van der Waals surface area contributed by atoms with Crippen molar-refractivity contribution in [3.8, 4) is 11.5 Å². The van der Waals surface area contributed by atoms with Crippen molar-refractivity contribution in [3.63, 3.8) is 0 Å². The highest BCUT2D eigenvalue weighted by molar-refractivity contribution is 7.92. The minimum absolute atomic E-state index is 0.000233. The lowest BCUT2D eigenvalue weighted by atomic mass is 9.94. The van der Waals surface area contributed by atoms with Gasteiger partial charge in [0, 0.05) is 38.0 Å². The fourth-order valence-electron chi connectivity index (χ4n) is 5.93. The first kappa shape index (κ1) is 32.3. The number of carbonyl (C=O) groups is 2.